The van der Waals surface area contributed by atoms with Crippen LogP contribution in [0.1, 0.15) is 52.2 Å². The Labute approximate surface area is 242 Å². The van der Waals surface area contributed by atoms with E-state index in [4.69, 9.17) is 32.9 Å². The number of amides is 2. The molecule has 3 heterocycles. The highest BCUT2D eigenvalue weighted by Crippen LogP contribution is 2.28. The van der Waals surface area contributed by atoms with Crippen LogP contribution in [0, 0.1) is 0 Å². The predicted octanol–water partition coefficient (Wildman–Crippen LogP) is 4.10. The van der Waals surface area contributed by atoms with Crippen molar-refractivity contribution >= 4 is 41.0 Å². The molecule has 1 aromatic heterocycles. The van der Waals surface area contributed by atoms with Crippen LogP contribution >= 0.6 is 23.2 Å². The quantitative estimate of drug-likeness (QED) is 0.496. The summed E-state index contributed by atoms with van der Waals surface area (Å²) in [5.74, 6) is 0.0813. The Kier molecular flexibility index (Phi) is 8.16. The summed E-state index contributed by atoms with van der Waals surface area (Å²) in [5, 5.41) is 3.30. The lowest BCUT2D eigenvalue weighted by molar-refractivity contribution is 0.0653. The third-order valence-corrected chi connectivity index (χ3v) is 8.11. The first-order chi connectivity index (χ1) is 19.2. The number of hydrogen-bond donors (Lipinski definition) is 1. The fourth-order valence-electron chi connectivity index (χ4n) is 5.24. The van der Waals surface area contributed by atoms with Gasteiger partial charge in [0.2, 0.25) is 5.95 Å². The van der Waals surface area contributed by atoms with Crippen LogP contribution in [0.3, 0.4) is 0 Å². The molecule has 40 heavy (non-hydrogen) atoms. The lowest BCUT2D eigenvalue weighted by Crippen LogP contribution is -2.47. The molecule has 0 aliphatic carbocycles. The van der Waals surface area contributed by atoms with Gasteiger partial charge in [-0.3, -0.25) is 14.4 Å². The minimum Gasteiger partial charge on any atom is -0.377 e. The zero-order valence-electron chi connectivity index (χ0n) is 22.6. The van der Waals surface area contributed by atoms with E-state index in [0.29, 0.717) is 70.2 Å². The van der Waals surface area contributed by atoms with E-state index in [2.05, 4.69) is 10.2 Å². The topological polar surface area (TPSA) is 96.8 Å². The zero-order chi connectivity index (χ0) is 28.6. The largest absolute Gasteiger partial charge is 0.377 e. The van der Waals surface area contributed by atoms with E-state index in [-0.39, 0.29) is 36.1 Å². The van der Waals surface area contributed by atoms with Crippen molar-refractivity contribution in [3.8, 4) is 5.69 Å². The van der Waals surface area contributed by atoms with Crippen LogP contribution in [0.2, 0.25) is 10.0 Å². The molecule has 0 saturated carbocycles. The highest BCUT2D eigenvalue weighted by atomic mass is 35.5. The molecule has 210 valence electrons. The zero-order valence-corrected chi connectivity index (χ0v) is 24.1. The number of nitrogens with one attached hydrogen (secondary N) is 1. The van der Waals surface area contributed by atoms with Gasteiger partial charge in [-0.05, 0) is 69.2 Å². The van der Waals surface area contributed by atoms with Gasteiger partial charge in [0.25, 0.3) is 17.4 Å². The Bertz CT molecular complexity index is 1510. The molecule has 2 amide bonds. The Morgan fingerprint density at radius 1 is 1.05 bits per heavy atom. The van der Waals surface area contributed by atoms with Crippen LogP contribution < -0.4 is 15.8 Å². The second kappa shape index (κ2) is 11.6. The molecule has 11 heteroatoms. The van der Waals surface area contributed by atoms with E-state index in [1.165, 1.54) is 0 Å². The van der Waals surface area contributed by atoms with E-state index in [1.807, 2.05) is 13.8 Å². The Morgan fingerprint density at radius 3 is 2.48 bits per heavy atom. The highest BCUT2D eigenvalue weighted by Gasteiger charge is 2.33. The monoisotopic (exact) mass is 583 g/mol. The maximum atomic E-state index is 14.1. The normalized spacial score (nSPS) is 19.1. The van der Waals surface area contributed by atoms with Gasteiger partial charge in [0.1, 0.15) is 0 Å². The van der Waals surface area contributed by atoms with E-state index >= 15 is 0 Å². The van der Waals surface area contributed by atoms with E-state index in [1.54, 1.807) is 59.0 Å². The molecule has 1 N–H and O–H groups in total. The summed E-state index contributed by atoms with van der Waals surface area (Å²) in [6, 6.07) is 11.5. The Morgan fingerprint density at radius 2 is 1.77 bits per heavy atom. The third-order valence-electron chi connectivity index (χ3n) is 7.37. The van der Waals surface area contributed by atoms with Crippen LogP contribution in [0.25, 0.3) is 5.69 Å². The van der Waals surface area contributed by atoms with Gasteiger partial charge in [0.15, 0.2) is 0 Å². The van der Waals surface area contributed by atoms with Gasteiger partial charge in [0, 0.05) is 49.5 Å². The van der Waals surface area contributed by atoms with Gasteiger partial charge in [-0.2, -0.15) is 0 Å². The van der Waals surface area contributed by atoms with Gasteiger partial charge in [-0.1, -0.05) is 23.2 Å². The van der Waals surface area contributed by atoms with Gasteiger partial charge in [0.05, 0.1) is 34.1 Å². The number of carbonyl (C=O) groups excluding carboxylic acids is 2. The standard InChI is InChI=1S/C29H31Cl2N5O4/c1-17-13-22-25(16-35(17)27(38)20-7-10-23(30)24(31)14-20)33-29(34-11-4-12-40-18(2)15-34)36(28(22)39)21-8-5-19(6-9-21)26(37)32-3/h5-10,14,17-18H,4,11-13,15-16H2,1-3H3,(H,32,37)/t17-,18?/m1/s1. The molecule has 0 bridgehead atoms. The second-order valence-electron chi connectivity index (χ2n) is 10.2. The van der Waals surface area contributed by atoms with E-state index < -0.39 is 0 Å². The third kappa shape index (κ3) is 5.46. The molecular formula is C29H31Cl2N5O4. The number of aromatic nitrogens is 2. The van der Waals surface area contributed by atoms with E-state index in [0.717, 1.165) is 6.42 Å². The number of hydrogen-bond acceptors (Lipinski definition) is 6. The first-order valence-corrected chi connectivity index (χ1v) is 14.0. The number of anilines is 1. The Hall–Kier alpha value is -3.40. The highest BCUT2D eigenvalue weighted by molar-refractivity contribution is 6.42. The van der Waals surface area contributed by atoms with Crippen molar-refractivity contribution in [2.24, 2.45) is 0 Å². The van der Waals surface area contributed by atoms with Crippen LogP contribution in [0.15, 0.2) is 47.3 Å². The van der Waals surface area contributed by atoms with Crippen LogP contribution in [0.4, 0.5) is 5.95 Å². The molecule has 2 aromatic carbocycles. The van der Waals surface area contributed by atoms with Crippen molar-refractivity contribution in [2.45, 2.75) is 45.4 Å². The van der Waals surface area contributed by atoms with Crippen molar-refractivity contribution in [3.63, 3.8) is 0 Å². The first-order valence-electron chi connectivity index (χ1n) is 13.3. The number of ether oxygens (including phenoxy) is 1. The number of benzene rings is 2. The average Bonchev–Trinajstić information content (AvgIpc) is 3.18. The fraction of sp³-hybridized carbons (Fsp3) is 0.379. The average molecular weight is 585 g/mol. The van der Waals surface area contributed by atoms with Gasteiger partial charge in [-0.25, -0.2) is 9.55 Å². The second-order valence-corrected chi connectivity index (χ2v) is 11.0. The maximum absolute atomic E-state index is 14.1. The molecule has 2 aliphatic rings. The van der Waals surface area contributed by atoms with Crippen molar-refractivity contribution in [1.29, 1.82) is 0 Å². The summed E-state index contributed by atoms with van der Waals surface area (Å²) in [7, 11) is 1.57. The van der Waals surface area contributed by atoms with Gasteiger partial charge >= 0.3 is 0 Å². The van der Waals surface area contributed by atoms with Gasteiger partial charge in [-0.15, -0.1) is 0 Å². The predicted molar refractivity (Wildman–Crippen MR) is 155 cm³/mol. The van der Waals surface area contributed by atoms with Crippen molar-refractivity contribution in [3.05, 3.63) is 85.2 Å². The number of halogens is 2. The van der Waals surface area contributed by atoms with Gasteiger partial charge < -0.3 is 19.9 Å². The first kappa shape index (κ1) is 28.1. The molecule has 1 fully saturated rings. The summed E-state index contributed by atoms with van der Waals surface area (Å²) in [4.78, 5) is 48.6. The number of fused-ring (bicyclic) bond motifs is 1. The number of carbonyl (C=O) groups is 2. The van der Waals surface area contributed by atoms with Crippen molar-refractivity contribution in [1.82, 2.24) is 19.8 Å². The summed E-state index contributed by atoms with van der Waals surface area (Å²) in [6.07, 6.45) is 1.09. The SMILES string of the molecule is CNC(=O)c1ccc(-n2c(N3CCCOC(C)C3)nc3c(c2=O)C[C@@H](C)N(C(=O)c2ccc(Cl)c(Cl)c2)C3)cc1. The number of nitrogens with zero attached hydrogens (tertiary/aromatic N) is 4. The van der Waals surface area contributed by atoms with Crippen LogP contribution in [0.5, 0.6) is 0 Å². The summed E-state index contributed by atoms with van der Waals surface area (Å²) in [5.41, 5.74) is 2.50. The fourth-order valence-corrected chi connectivity index (χ4v) is 5.54. The lowest BCUT2D eigenvalue weighted by atomic mass is 9.98. The molecule has 0 spiro atoms. The molecule has 3 aromatic rings. The molecule has 5 rings (SSSR count). The lowest BCUT2D eigenvalue weighted by Gasteiger charge is -2.35. The molecular weight excluding hydrogens is 553 g/mol. The van der Waals surface area contributed by atoms with Crippen molar-refractivity contribution in [2.75, 3.05) is 31.6 Å². The maximum Gasteiger partial charge on any atom is 0.263 e. The summed E-state index contributed by atoms with van der Waals surface area (Å²) < 4.78 is 7.47. The van der Waals surface area contributed by atoms with Crippen LogP contribution in [-0.2, 0) is 17.7 Å². The molecule has 0 radical (unpaired) electrons. The minimum absolute atomic E-state index is 0.0488. The molecule has 9 nitrogen and oxygen atoms in total. The van der Waals surface area contributed by atoms with Crippen LogP contribution in [-0.4, -0.2) is 65.2 Å². The smallest absolute Gasteiger partial charge is 0.263 e. The van der Waals surface area contributed by atoms with Crippen molar-refractivity contribution < 1.29 is 14.3 Å². The number of rotatable bonds is 4. The molecule has 1 saturated heterocycles. The summed E-state index contributed by atoms with van der Waals surface area (Å²) >= 11 is 12.2. The summed E-state index contributed by atoms with van der Waals surface area (Å²) in [6.45, 7) is 5.95. The molecule has 2 aliphatic heterocycles. The Balaban J connectivity index is 1.59. The molecule has 2 atom stereocenters. The molecule has 1 unspecified atom stereocenters. The minimum atomic E-state index is -0.245. The van der Waals surface area contributed by atoms with E-state index in [9.17, 15) is 14.4 Å².